The van der Waals surface area contributed by atoms with E-state index in [2.05, 4.69) is 20.4 Å². The minimum absolute atomic E-state index is 0.120. The van der Waals surface area contributed by atoms with Crippen molar-refractivity contribution in [3.63, 3.8) is 0 Å². The van der Waals surface area contributed by atoms with Crippen LogP contribution >= 0.6 is 0 Å². The third-order valence-corrected chi connectivity index (χ3v) is 2.18. The standard InChI is InChI=1S/C10H9N5O3/c1-15-10(12-5-13-15)14-8(16)6-2-3-7(9(17)18)11-4-6/h2-5H,1H3,(H,17,18)(H,12,13,14,16). The first-order valence-electron chi connectivity index (χ1n) is 4.92. The number of nitrogens with one attached hydrogen (secondary N) is 1. The summed E-state index contributed by atoms with van der Waals surface area (Å²) in [5, 5.41) is 15.0. The smallest absolute Gasteiger partial charge is 0.354 e. The van der Waals surface area contributed by atoms with Crippen molar-refractivity contribution in [3.05, 3.63) is 35.9 Å². The highest BCUT2D eigenvalue weighted by atomic mass is 16.4. The molecule has 0 saturated carbocycles. The number of carboxylic acid groups (broad SMARTS) is 1. The fourth-order valence-corrected chi connectivity index (χ4v) is 1.24. The van der Waals surface area contributed by atoms with Crippen LogP contribution in [0.25, 0.3) is 0 Å². The maximum atomic E-state index is 11.8. The number of hydrogen-bond donors (Lipinski definition) is 2. The van der Waals surface area contributed by atoms with E-state index in [4.69, 9.17) is 5.11 Å². The van der Waals surface area contributed by atoms with Crippen LogP contribution in [0.5, 0.6) is 0 Å². The summed E-state index contributed by atoms with van der Waals surface area (Å²) in [6.45, 7) is 0. The van der Waals surface area contributed by atoms with Gasteiger partial charge in [-0.3, -0.25) is 10.1 Å². The predicted molar refractivity (Wildman–Crippen MR) is 60.2 cm³/mol. The van der Waals surface area contributed by atoms with E-state index < -0.39 is 11.9 Å². The summed E-state index contributed by atoms with van der Waals surface area (Å²) in [5.74, 6) is -1.28. The first-order valence-corrected chi connectivity index (χ1v) is 4.92. The number of aromatic carboxylic acids is 1. The number of carbonyl (C=O) groups excluding carboxylic acids is 1. The molecule has 2 aromatic heterocycles. The van der Waals surface area contributed by atoms with E-state index in [0.717, 1.165) is 0 Å². The number of carbonyl (C=O) groups is 2. The molecule has 2 N–H and O–H groups in total. The fraction of sp³-hybridized carbons (Fsp3) is 0.100. The van der Waals surface area contributed by atoms with Gasteiger partial charge in [0.05, 0.1) is 5.56 Å². The molecule has 0 aromatic carbocycles. The van der Waals surface area contributed by atoms with Crippen LogP contribution in [0.1, 0.15) is 20.8 Å². The first kappa shape index (κ1) is 11.7. The Hall–Kier alpha value is -2.77. The molecule has 2 heterocycles. The molecule has 0 fully saturated rings. The summed E-state index contributed by atoms with van der Waals surface area (Å²) >= 11 is 0. The zero-order valence-electron chi connectivity index (χ0n) is 9.36. The van der Waals surface area contributed by atoms with E-state index in [9.17, 15) is 9.59 Å². The molecule has 2 aromatic rings. The van der Waals surface area contributed by atoms with Crippen LogP contribution in [0.3, 0.4) is 0 Å². The lowest BCUT2D eigenvalue weighted by molar-refractivity contribution is 0.0690. The van der Waals surface area contributed by atoms with Gasteiger partial charge in [-0.15, -0.1) is 0 Å². The Balaban J connectivity index is 2.14. The van der Waals surface area contributed by atoms with Gasteiger partial charge in [-0.25, -0.2) is 14.5 Å². The molecule has 8 heteroatoms. The molecule has 0 atom stereocenters. The zero-order valence-corrected chi connectivity index (χ0v) is 9.36. The molecule has 8 nitrogen and oxygen atoms in total. The van der Waals surface area contributed by atoms with Crippen molar-refractivity contribution >= 4 is 17.8 Å². The van der Waals surface area contributed by atoms with Gasteiger partial charge in [0, 0.05) is 13.2 Å². The molecule has 18 heavy (non-hydrogen) atoms. The molecule has 0 radical (unpaired) electrons. The summed E-state index contributed by atoms with van der Waals surface area (Å²) in [6, 6.07) is 2.63. The van der Waals surface area contributed by atoms with Crippen LogP contribution in [-0.4, -0.2) is 36.7 Å². The third kappa shape index (κ3) is 2.32. The van der Waals surface area contributed by atoms with Crippen molar-refractivity contribution in [1.82, 2.24) is 19.7 Å². The molecular formula is C10H9N5O3. The third-order valence-electron chi connectivity index (χ3n) is 2.18. The van der Waals surface area contributed by atoms with Crippen molar-refractivity contribution in [2.75, 3.05) is 5.32 Å². The number of nitrogens with zero attached hydrogens (tertiary/aromatic N) is 4. The molecule has 0 unspecified atom stereocenters. The number of anilines is 1. The number of carboxylic acids is 1. The van der Waals surface area contributed by atoms with E-state index in [1.165, 1.54) is 29.3 Å². The number of rotatable bonds is 3. The Morgan fingerprint density at radius 1 is 1.33 bits per heavy atom. The van der Waals surface area contributed by atoms with E-state index in [1.807, 2.05) is 0 Å². The molecule has 1 amide bonds. The number of hydrogen-bond acceptors (Lipinski definition) is 5. The molecular weight excluding hydrogens is 238 g/mol. The Bertz CT molecular complexity index is 590. The van der Waals surface area contributed by atoms with Gasteiger partial charge in [0.25, 0.3) is 5.91 Å². The fourth-order valence-electron chi connectivity index (χ4n) is 1.24. The molecule has 2 rings (SSSR count). The van der Waals surface area contributed by atoms with Crippen molar-refractivity contribution in [1.29, 1.82) is 0 Å². The van der Waals surface area contributed by atoms with Gasteiger partial charge in [0.15, 0.2) is 0 Å². The van der Waals surface area contributed by atoms with E-state index >= 15 is 0 Å². The van der Waals surface area contributed by atoms with Gasteiger partial charge in [-0.1, -0.05) is 0 Å². The van der Waals surface area contributed by atoms with Crippen LogP contribution < -0.4 is 5.32 Å². The lowest BCUT2D eigenvalue weighted by Crippen LogP contribution is -2.16. The zero-order chi connectivity index (χ0) is 13.1. The number of amides is 1. The Kier molecular flexibility index (Phi) is 3.00. The predicted octanol–water partition coefficient (Wildman–Crippen LogP) is 0.161. The maximum absolute atomic E-state index is 11.8. The molecule has 0 bridgehead atoms. The van der Waals surface area contributed by atoms with Gasteiger partial charge in [0.2, 0.25) is 5.95 Å². The van der Waals surface area contributed by atoms with Crippen LogP contribution in [0, 0.1) is 0 Å². The summed E-state index contributed by atoms with van der Waals surface area (Å²) in [6.07, 6.45) is 2.50. The normalized spacial score (nSPS) is 10.1. The van der Waals surface area contributed by atoms with E-state index in [0.29, 0.717) is 5.95 Å². The van der Waals surface area contributed by atoms with Crippen molar-refractivity contribution in [2.24, 2.45) is 7.05 Å². The highest BCUT2D eigenvalue weighted by Gasteiger charge is 2.11. The number of pyridine rings is 1. The summed E-state index contributed by atoms with van der Waals surface area (Å²) in [4.78, 5) is 29.8. The molecule has 0 saturated heterocycles. The lowest BCUT2D eigenvalue weighted by Gasteiger charge is -2.03. The second-order valence-corrected chi connectivity index (χ2v) is 3.40. The van der Waals surface area contributed by atoms with Crippen LogP contribution in [-0.2, 0) is 7.05 Å². The largest absolute Gasteiger partial charge is 0.477 e. The first-order chi connectivity index (χ1) is 8.58. The monoisotopic (exact) mass is 247 g/mol. The molecule has 0 aliphatic heterocycles. The summed E-state index contributed by atoms with van der Waals surface area (Å²) in [7, 11) is 1.63. The Morgan fingerprint density at radius 2 is 2.11 bits per heavy atom. The quantitative estimate of drug-likeness (QED) is 0.799. The average molecular weight is 247 g/mol. The van der Waals surface area contributed by atoms with Crippen LogP contribution in [0.2, 0.25) is 0 Å². The van der Waals surface area contributed by atoms with Gasteiger partial charge >= 0.3 is 5.97 Å². The molecule has 0 spiro atoms. The highest BCUT2D eigenvalue weighted by molar-refractivity contribution is 6.03. The van der Waals surface area contributed by atoms with E-state index in [1.54, 1.807) is 7.05 Å². The Morgan fingerprint density at radius 3 is 2.61 bits per heavy atom. The van der Waals surface area contributed by atoms with Gasteiger partial charge in [-0.05, 0) is 12.1 Å². The second-order valence-electron chi connectivity index (χ2n) is 3.40. The average Bonchev–Trinajstić information content (AvgIpc) is 2.75. The van der Waals surface area contributed by atoms with Gasteiger partial charge in [-0.2, -0.15) is 10.1 Å². The highest BCUT2D eigenvalue weighted by Crippen LogP contribution is 2.05. The van der Waals surface area contributed by atoms with Crippen LogP contribution in [0.4, 0.5) is 5.95 Å². The topological polar surface area (TPSA) is 110 Å². The van der Waals surface area contributed by atoms with Crippen LogP contribution in [0.15, 0.2) is 24.7 Å². The Labute approximate surface area is 101 Å². The van der Waals surface area contributed by atoms with E-state index in [-0.39, 0.29) is 11.3 Å². The SMILES string of the molecule is Cn1ncnc1NC(=O)c1ccc(C(=O)O)nc1. The molecule has 0 aliphatic rings. The van der Waals surface area contributed by atoms with Crippen molar-refractivity contribution in [2.45, 2.75) is 0 Å². The molecule has 0 aliphatic carbocycles. The second kappa shape index (κ2) is 4.62. The van der Waals surface area contributed by atoms with Gasteiger partial charge in [0.1, 0.15) is 12.0 Å². The summed E-state index contributed by atoms with van der Waals surface area (Å²) < 4.78 is 1.40. The summed E-state index contributed by atoms with van der Waals surface area (Å²) in [5.41, 5.74) is 0.119. The minimum atomic E-state index is -1.14. The lowest BCUT2D eigenvalue weighted by atomic mass is 10.2. The number of aryl methyl sites for hydroxylation is 1. The van der Waals surface area contributed by atoms with Crippen molar-refractivity contribution < 1.29 is 14.7 Å². The maximum Gasteiger partial charge on any atom is 0.354 e. The van der Waals surface area contributed by atoms with Gasteiger partial charge < -0.3 is 5.11 Å². The van der Waals surface area contributed by atoms with Crippen molar-refractivity contribution in [3.8, 4) is 0 Å². The number of aromatic nitrogens is 4. The molecule has 92 valence electrons. The minimum Gasteiger partial charge on any atom is -0.477 e.